The van der Waals surface area contributed by atoms with Crippen LogP contribution in [-0.4, -0.2) is 11.5 Å². The van der Waals surface area contributed by atoms with Crippen LogP contribution in [0.4, 0.5) is 21.5 Å². The summed E-state index contributed by atoms with van der Waals surface area (Å²) in [6.45, 7) is 2.59. The molecule has 0 aliphatic heterocycles. The van der Waals surface area contributed by atoms with Crippen molar-refractivity contribution in [3.8, 4) is 0 Å². The predicted molar refractivity (Wildman–Crippen MR) is 81.7 cm³/mol. The second-order valence-electron chi connectivity index (χ2n) is 4.42. The highest BCUT2D eigenvalue weighted by Gasteiger charge is 2.16. The molecule has 6 heteroatoms. The van der Waals surface area contributed by atoms with Gasteiger partial charge in [0.05, 0.1) is 10.8 Å². The third kappa shape index (κ3) is 3.31. The molecule has 0 saturated carbocycles. The lowest BCUT2D eigenvalue weighted by molar-refractivity contribution is -0.385. The first-order valence-corrected chi connectivity index (χ1v) is 6.96. The first-order valence-electron chi connectivity index (χ1n) is 6.43. The van der Waals surface area contributed by atoms with E-state index in [1.807, 2.05) is 11.8 Å². The minimum atomic E-state index is -0.449. The molecule has 0 aliphatic carbocycles. The standard InChI is InChI=1S/C15H14ClFN2O2/c1-2-18(13-5-3-12(17)4-6-13)14-7-8-15(19(20)21)11(9-14)10-16/h3-9H,2,10H2,1H3. The minimum absolute atomic E-state index is 0.00362. The molecule has 0 fully saturated rings. The lowest BCUT2D eigenvalue weighted by Gasteiger charge is -2.23. The van der Waals surface area contributed by atoms with Gasteiger partial charge in [-0.05, 0) is 43.3 Å². The van der Waals surface area contributed by atoms with E-state index in [4.69, 9.17) is 11.6 Å². The summed E-state index contributed by atoms with van der Waals surface area (Å²) >= 11 is 5.79. The lowest BCUT2D eigenvalue weighted by Crippen LogP contribution is -2.16. The molecule has 2 aromatic carbocycles. The van der Waals surface area contributed by atoms with Crippen LogP contribution in [0.25, 0.3) is 0 Å². The average molecular weight is 309 g/mol. The van der Waals surface area contributed by atoms with Crippen molar-refractivity contribution in [3.05, 3.63) is 64.0 Å². The smallest absolute Gasteiger partial charge is 0.273 e. The van der Waals surface area contributed by atoms with Gasteiger partial charge in [0, 0.05) is 29.5 Å². The third-order valence-corrected chi connectivity index (χ3v) is 3.46. The summed E-state index contributed by atoms with van der Waals surface area (Å²) in [6.07, 6.45) is 0. The number of alkyl halides is 1. The van der Waals surface area contributed by atoms with Gasteiger partial charge < -0.3 is 4.90 Å². The summed E-state index contributed by atoms with van der Waals surface area (Å²) in [4.78, 5) is 12.4. The van der Waals surface area contributed by atoms with Crippen LogP contribution >= 0.6 is 11.6 Å². The zero-order chi connectivity index (χ0) is 15.4. The maximum absolute atomic E-state index is 13.0. The maximum Gasteiger partial charge on any atom is 0.273 e. The van der Waals surface area contributed by atoms with Gasteiger partial charge in [-0.15, -0.1) is 11.6 Å². The molecule has 0 atom stereocenters. The van der Waals surface area contributed by atoms with Gasteiger partial charge in [-0.3, -0.25) is 10.1 Å². The molecule has 0 spiro atoms. The average Bonchev–Trinajstić information content (AvgIpc) is 2.49. The molecule has 0 heterocycles. The highest BCUT2D eigenvalue weighted by atomic mass is 35.5. The van der Waals surface area contributed by atoms with Gasteiger partial charge in [-0.1, -0.05) is 0 Å². The Kier molecular flexibility index (Phi) is 4.75. The van der Waals surface area contributed by atoms with Crippen molar-refractivity contribution in [2.75, 3.05) is 11.4 Å². The molecule has 21 heavy (non-hydrogen) atoms. The summed E-state index contributed by atoms with van der Waals surface area (Å²) in [5, 5.41) is 10.9. The summed E-state index contributed by atoms with van der Waals surface area (Å²) in [6, 6.07) is 10.9. The van der Waals surface area contributed by atoms with Crippen molar-refractivity contribution in [1.29, 1.82) is 0 Å². The third-order valence-electron chi connectivity index (χ3n) is 3.17. The van der Waals surface area contributed by atoms with Crippen LogP contribution in [-0.2, 0) is 5.88 Å². The van der Waals surface area contributed by atoms with Gasteiger partial charge in [0.15, 0.2) is 0 Å². The molecule has 0 amide bonds. The molecule has 0 aliphatic rings. The van der Waals surface area contributed by atoms with Crippen LogP contribution in [0.3, 0.4) is 0 Å². The Morgan fingerprint density at radius 3 is 2.33 bits per heavy atom. The van der Waals surface area contributed by atoms with E-state index in [9.17, 15) is 14.5 Å². The number of rotatable bonds is 5. The molecule has 4 nitrogen and oxygen atoms in total. The predicted octanol–water partition coefficient (Wildman–Crippen LogP) is 4.63. The number of anilines is 2. The van der Waals surface area contributed by atoms with E-state index >= 15 is 0 Å². The van der Waals surface area contributed by atoms with Crippen molar-refractivity contribution in [3.63, 3.8) is 0 Å². The molecule has 2 aromatic rings. The summed E-state index contributed by atoms with van der Waals surface area (Å²) in [5.74, 6) is -0.245. The molecular formula is C15H14ClFN2O2. The Morgan fingerprint density at radius 2 is 1.81 bits per heavy atom. The molecule has 0 unspecified atom stereocenters. The van der Waals surface area contributed by atoms with E-state index in [1.165, 1.54) is 18.2 Å². The van der Waals surface area contributed by atoms with Gasteiger partial charge in [0.1, 0.15) is 5.82 Å². The second kappa shape index (κ2) is 6.54. The molecule has 0 saturated heterocycles. The zero-order valence-electron chi connectivity index (χ0n) is 11.4. The van der Waals surface area contributed by atoms with Crippen molar-refractivity contribution < 1.29 is 9.31 Å². The highest BCUT2D eigenvalue weighted by molar-refractivity contribution is 6.17. The molecule has 2 rings (SSSR count). The fourth-order valence-corrected chi connectivity index (χ4v) is 2.37. The van der Waals surface area contributed by atoms with Gasteiger partial charge >= 0.3 is 0 Å². The maximum atomic E-state index is 13.0. The van der Waals surface area contributed by atoms with Crippen LogP contribution in [0.2, 0.25) is 0 Å². The van der Waals surface area contributed by atoms with E-state index in [0.717, 1.165) is 11.4 Å². The molecule has 0 bridgehead atoms. The lowest BCUT2D eigenvalue weighted by atomic mass is 10.1. The molecule has 110 valence electrons. The molecule has 0 N–H and O–H groups in total. The fourth-order valence-electron chi connectivity index (χ4n) is 2.16. The van der Waals surface area contributed by atoms with Crippen LogP contribution in [0.1, 0.15) is 12.5 Å². The minimum Gasteiger partial charge on any atom is -0.342 e. The first-order chi connectivity index (χ1) is 10.1. The molecule has 0 radical (unpaired) electrons. The zero-order valence-corrected chi connectivity index (χ0v) is 12.2. The van der Waals surface area contributed by atoms with Gasteiger partial charge in [0.25, 0.3) is 5.69 Å². The number of nitro benzene ring substituents is 1. The fraction of sp³-hybridized carbons (Fsp3) is 0.200. The summed E-state index contributed by atoms with van der Waals surface area (Å²) < 4.78 is 13.0. The summed E-state index contributed by atoms with van der Waals surface area (Å²) in [5.41, 5.74) is 2.06. The monoisotopic (exact) mass is 308 g/mol. The summed E-state index contributed by atoms with van der Waals surface area (Å²) in [7, 11) is 0. The van der Waals surface area contributed by atoms with Crippen LogP contribution in [0.5, 0.6) is 0 Å². The normalized spacial score (nSPS) is 10.4. The Balaban J connectivity index is 2.43. The molecule has 0 aromatic heterocycles. The van der Waals surface area contributed by atoms with Crippen molar-refractivity contribution >= 4 is 28.7 Å². The van der Waals surface area contributed by atoms with E-state index < -0.39 is 4.92 Å². The second-order valence-corrected chi connectivity index (χ2v) is 4.69. The number of hydrogen-bond donors (Lipinski definition) is 0. The van der Waals surface area contributed by atoms with E-state index in [1.54, 1.807) is 24.3 Å². The van der Waals surface area contributed by atoms with Crippen molar-refractivity contribution in [2.45, 2.75) is 12.8 Å². The van der Waals surface area contributed by atoms with E-state index in [0.29, 0.717) is 12.1 Å². The van der Waals surface area contributed by atoms with E-state index in [-0.39, 0.29) is 17.4 Å². The quantitative estimate of drug-likeness (QED) is 0.459. The Bertz CT molecular complexity index is 647. The van der Waals surface area contributed by atoms with Crippen LogP contribution in [0, 0.1) is 15.9 Å². The van der Waals surface area contributed by atoms with Gasteiger partial charge in [-0.25, -0.2) is 4.39 Å². The SMILES string of the molecule is CCN(c1ccc(F)cc1)c1ccc([N+](=O)[O-])c(CCl)c1. The highest BCUT2D eigenvalue weighted by Crippen LogP contribution is 2.30. The molecular weight excluding hydrogens is 295 g/mol. The van der Waals surface area contributed by atoms with Gasteiger partial charge in [0.2, 0.25) is 0 Å². The van der Waals surface area contributed by atoms with Crippen LogP contribution in [0.15, 0.2) is 42.5 Å². The number of hydrogen-bond acceptors (Lipinski definition) is 3. The topological polar surface area (TPSA) is 46.4 Å². The largest absolute Gasteiger partial charge is 0.342 e. The Hall–Kier alpha value is -2.14. The van der Waals surface area contributed by atoms with Crippen molar-refractivity contribution in [1.82, 2.24) is 0 Å². The number of benzene rings is 2. The number of halogens is 2. The van der Waals surface area contributed by atoms with Crippen LogP contribution < -0.4 is 4.90 Å². The Labute approximate surface area is 126 Å². The number of nitrogens with zero attached hydrogens (tertiary/aromatic N) is 2. The van der Waals surface area contributed by atoms with Crippen molar-refractivity contribution in [2.24, 2.45) is 0 Å². The van der Waals surface area contributed by atoms with Gasteiger partial charge in [-0.2, -0.15) is 0 Å². The number of nitro groups is 1. The first kappa shape index (κ1) is 15.3. The Morgan fingerprint density at radius 1 is 1.19 bits per heavy atom. The van der Waals surface area contributed by atoms with E-state index in [2.05, 4.69) is 0 Å².